The molecule has 11 heteroatoms. The summed E-state index contributed by atoms with van der Waals surface area (Å²) in [7, 11) is -3.94. The molecule has 6 rings (SSSR count). The number of aliphatic carboxylic acids is 1. The lowest BCUT2D eigenvalue weighted by Crippen LogP contribution is -2.49. The number of ether oxygens (including phenoxy) is 2. The molecule has 2 heterocycles. The fraction of sp³-hybridized carbons (Fsp3) is 0.529. The average molecular weight is 657 g/mol. The van der Waals surface area contributed by atoms with Crippen molar-refractivity contribution in [3.63, 3.8) is 0 Å². The van der Waals surface area contributed by atoms with Gasteiger partial charge in [-0.3, -0.25) is 4.79 Å². The highest BCUT2D eigenvalue weighted by Gasteiger charge is 2.44. The molecule has 0 saturated heterocycles. The van der Waals surface area contributed by atoms with Crippen molar-refractivity contribution in [2.24, 2.45) is 11.8 Å². The first-order valence-electron chi connectivity index (χ1n) is 16.0. The number of amides is 1. The van der Waals surface area contributed by atoms with E-state index in [2.05, 4.69) is 21.8 Å². The molecule has 242 valence electrons. The number of hydrogen-bond acceptors (Lipinski definition) is 7. The molecule has 2 aromatic rings. The van der Waals surface area contributed by atoms with Crippen LogP contribution < -0.4 is 14.4 Å². The molecule has 45 heavy (non-hydrogen) atoms. The third-order valence-electron chi connectivity index (χ3n) is 10.2. The fourth-order valence-electron chi connectivity index (χ4n) is 7.64. The third kappa shape index (κ3) is 6.60. The van der Waals surface area contributed by atoms with Gasteiger partial charge in [-0.25, -0.2) is 17.9 Å². The number of nitrogens with zero attached hydrogens (tertiary/aromatic N) is 1. The van der Waals surface area contributed by atoms with Crippen LogP contribution in [0.3, 0.4) is 0 Å². The summed E-state index contributed by atoms with van der Waals surface area (Å²) in [4.78, 5) is 27.2. The summed E-state index contributed by atoms with van der Waals surface area (Å²) in [6, 6.07) is 11.3. The first-order valence-corrected chi connectivity index (χ1v) is 17.9. The summed E-state index contributed by atoms with van der Waals surface area (Å²) >= 11 is 6.40. The summed E-state index contributed by atoms with van der Waals surface area (Å²) in [6.07, 6.45) is 9.28. The molecule has 1 amide bonds. The van der Waals surface area contributed by atoms with Gasteiger partial charge >= 0.3 is 5.97 Å². The summed E-state index contributed by atoms with van der Waals surface area (Å²) in [5, 5.41) is 9.33. The third-order valence-corrected chi connectivity index (χ3v) is 12.3. The number of rotatable bonds is 4. The van der Waals surface area contributed by atoms with E-state index in [1.807, 2.05) is 18.2 Å². The second-order valence-electron chi connectivity index (χ2n) is 13.0. The van der Waals surface area contributed by atoms with E-state index in [4.69, 9.17) is 21.1 Å². The first kappa shape index (κ1) is 31.9. The number of carbonyl (C=O) groups excluding carboxylic acids is 1. The van der Waals surface area contributed by atoms with Crippen LogP contribution in [0.1, 0.15) is 73.4 Å². The lowest BCUT2D eigenvalue weighted by Gasteiger charge is -2.46. The Balaban J connectivity index is 1.42. The van der Waals surface area contributed by atoms with Gasteiger partial charge in [0.25, 0.3) is 5.91 Å². The quantitative estimate of drug-likeness (QED) is 0.414. The maximum absolute atomic E-state index is 13.4. The van der Waals surface area contributed by atoms with Gasteiger partial charge in [-0.15, -0.1) is 0 Å². The highest BCUT2D eigenvalue weighted by molar-refractivity contribution is 7.90. The number of hydrogen-bond donors (Lipinski definition) is 2. The van der Waals surface area contributed by atoms with Gasteiger partial charge in [0.1, 0.15) is 12.4 Å². The molecule has 0 aromatic heterocycles. The minimum absolute atomic E-state index is 0.103. The molecule has 0 radical (unpaired) electrons. The molecular weight excluding hydrogens is 616 g/mol. The van der Waals surface area contributed by atoms with Gasteiger partial charge in [-0.2, -0.15) is 0 Å². The van der Waals surface area contributed by atoms with Crippen LogP contribution in [0.5, 0.6) is 5.75 Å². The number of halogens is 1. The molecule has 2 aromatic carbocycles. The lowest BCUT2D eigenvalue weighted by atomic mass is 9.68. The molecule has 4 aliphatic rings. The van der Waals surface area contributed by atoms with Gasteiger partial charge in [-0.05, 0) is 105 Å². The monoisotopic (exact) mass is 656 g/mol. The zero-order chi connectivity index (χ0) is 31.8. The molecular formula is C34H41ClN2O7S. The van der Waals surface area contributed by atoms with Gasteiger partial charge in [0.2, 0.25) is 10.0 Å². The van der Waals surface area contributed by atoms with Crippen LogP contribution in [-0.4, -0.2) is 63.1 Å². The van der Waals surface area contributed by atoms with Crippen molar-refractivity contribution < 1.29 is 32.6 Å². The van der Waals surface area contributed by atoms with Crippen LogP contribution in [0.2, 0.25) is 5.02 Å². The first-order chi connectivity index (χ1) is 21.6. The largest absolute Gasteiger partial charge is 0.490 e. The van der Waals surface area contributed by atoms with Gasteiger partial charge < -0.3 is 19.5 Å². The Kier molecular flexibility index (Phi) is 9.19. The molecule has 1 fully saturated rings. The van der Waals surface area contributed by atoms with Gasteiger partial charge in [0, 0.05) is 29.1 Å². The van der Waals surface area contributed by atoms with E-state index in [-0.39, 0.29) is 22.8 Å². The van der Waals surface area contributed by atoms with Crippen molar-refractivity contribution in [3.05, 3.63) is 70.3 Å². The molecule has 2 aliphatic carbocycles. The molecule has 2 N–H and O–H groups in total. The Hall–Kier alpha value is -3.08. The number of nitrogens with one attached hydrogen (secondary N) is 1. The molecule has 9 nitrogen and oxygen atoms in total. The second kappa shape index (κ2) is 13.0. The molecule has 1 saturated carbocycles. The maximum atomic E-state index is 13.4. The average Bonchev–Trinajstić information content (AvgIpc) is 3.13. The number of carboxylic acids is 1. The van der Waals surface area contributed by atoms with E-state index >= 15 is 0 Å². The Morgan fingerprint density at radius 2 is 2.04 bits per heavy atom. The summed E-state index contributed by atoms with van der Waals surface area (Å²) < 4.78 is 41.4. The Labute approximate surface area is 270 Å². The minimum atomic E-state index is -3.94. The lowest BCUT2D eigenvalue weighted by molar-refractivity contribution is -0.145. The Morgan fingerprint density at radius 3 is 2.80 bits per heavy atom. The Morgan fingerprint density at radius 1 is 1.20 bits per heavy atom. The van der Waals surface area contributed by atoms with E-state index in [1.54, 1.807) is 25.1 Å². The molecule has 2 aliphatic heterocycles. The normalized spacial score (nSPS) is 30.1. The number of carbonyl (C=O) groups is 2. The zero-order valence-electron chi connectivity index (χ0n) is 25.5. The Bertz CT molecular complexity index is 1590. The van der Waals surface area contributed by atoms with E-state index in [1.165, 1.54) is 11.1 Å². The number of carboxylic acid groups (broad SMARTS) is 1. The van der Waals surface area contributed by atoms with Crippen LogP contribution >= 0.6 is 11.6 Å². The highest BCUT2D eigenvalue weighted by atomic mass is 35.5. The standard InChI is InChI=1S/C34H41ClN2O7S/c1-2-26-7-3-4-8-30(43-19-32(38)39)27-12-9-24(27)18-37-20-34(15-5-6-22-16-25(35)11-13-28(22)34)21-44-31-14-10-23(17-29(31)37)33(40)36-45(26,41)42/h4,8,10-11,13-14,16-17,24,26-27,30H,2-3,5-7,9,12,15,18-21H2,1H3,(H,36,40)(H,38,39)/b8-4+/t24-,26+,27+,30-,34-/m0/s1. The smallest absolute Gasteiger partial charge is 0.329 e. The number of allylic oxidation sites excluding steroid dienone is 1. The van der Waals surface area contributed by atoms with Crippen molar-refractivity contribution >= 4 is 39.2 Å². The van der Waals surface area contributed by atoms with Crippen LogP contribution in [0.15, 0.2) is 48.6 Å². The number of fused-ring (bicyclic) bond motifs is 4. The van der Waals surface area contributed by atoms with Crippen molar-refractivity contribution in [3.8, 4) is 5.75 Å². The van der Waals surface area contributed by atoms with Crippen molar-refractivity contribution in [2.75, 3.05) is 31.2 Å². The predicted octanol–water partition coefficient (Wildman–Crippen LogP) is 5.50. The van der Waals surface area contributed by atoms with Crippen molar-refractivity contribution in [2.45, 2.75) is 75.1 Å². The van der Waals surface area contributed by atoms with Crippen molar-refractivity contribution in [1.82, 2.24) is 4.72 Å². The summed E-state index contributed by atoms with van der Waals surface area (Å²) in [6.45, 7) is 3.16. The molecule has 2 bridgehead atoms. The van der Waals surface area contributed by atoms with Crippen LogP contribution in [-0.2, 0) is 31.4 Å². The number of benzene rings is 2. The van der Waals surface area contributed by atoms with E-state index < -0.39 is 39.9 Å². The number of anilines is 1. The van der Waals surface area contributed by atoms with Crippen LogP contribution in [0, 0.1) is 11.8 Å². The molecule has 1 spiro atoms. The second-order valence-corrected chi connectivity index (χ2v) is 15.4. The van der Waals surface area contributed by atoms with E-state index in [0.717, 1.165) is 37.8 Å². The molecule has 0 unspecified atom stereocenters. The summed E-state index contributed by atoms with van der Waals surface area (Å²) in [5.74, 6) is -0.706. The van der Waals surface area contributed by atoms with Gasteiger partial charge in [-0.1, -0.05) is 36.7 Å². The maximum Gasteiger partial charge on any atom is 0.329 e. The van der Waals surface area contributed by atoms with Crippen LogP contribution in [0.4, 0.5) is 5.69 Å². The highest BCUT2D eigenvalue weighted by Crippen LogP contribution is 2.47. The van der Waals surface area contributed by atoms with Crippen molar-refractivity contribution in [1.29, 1.82) is 0 Å². The zero-order valence-corrected chi connectivity index (χ0v) is 27.1. The van der Waals surface area contributed by atoms with E-state index in [9.17, 15) is 23.1 Å². The van der Waals surface area contributed by atoms with Crippen LogP contribution in [0.25, 0.3) is 0 Å². The predicted molar refractivity (Wildman–Crippen MR) is 173 cm³/mol. The fourth-order valence-corrected chi connectivity index (χ4v) is 9.27. The molecule has 5 atom stereocenters. The topological polar surface area (TPSA) is 122 Å². The summed E-state index contributed by atoms with van der Waals surface area (Å²) in [5.41, 5.74) is 3.15. The minimum Gasteiger partial charge on any atom is -0.490 e. The van der Waals surface area contributed by atoms with Gasteiger partial charge in [0.15, 0.2) is 0 Å². The number of sulfonamides is 1. The van der Waals surface area contributed by atoms with Gasteiger partial charge in [0.05, 0.1) is 23.6 Å². The SMILES string of the molecule is CC[C@@H]1CC/C=C/[C@H](OCC(=O)O)[C@@H]2CC[C@H]2CN2C[C@@]3(CCCc4cc(Cl)ccc43)COc3ccc(cc32)C(=O)NS1(=O)=O. The van der Waals surface area contributed by atoms with E-state index in [0.29, 0.717) is 49.7 Å². The number of aryl methyl sites for hydroxylation is 1.